The van der Waals surface area contributed by atoms with E-state index in [-0.39, 0.29) is 5.78 Å². The SMILES string of the molecule is Cc1cc(C(=O)CN(C)Cc2ccco2)c(C)n1Cc1cccs1. The van der Waals surface area contributed by atoms with E-state index in [9.17, 15) is 4.79 Å². The van der Waals surface area contributed by atoms with Crippen molar-refractivity contribution in [2.45, 2.75) is 26.9 Å². The summed E-state index contributed by atoms with van der Waals surface area (Å²) in [6.07, 6.45) is 1.66. The van der Waals surface area contributed by atoms with Crippen molar-refractivity contribution in [3.63, 3.8) is 0 Å². The van der Waals surface area contributed by atoms with E-state index >= 15 is 0 Å². The summed E-state index contributed by atoms with van der Waals surface area (Å²) in [4.78, 5) is 16.0. The van der Waals surface area contributed by atoms with Gasteiger partial charge in [0.05, 0.1) is 25.9 Å². The normalized spacial score (nSPS) is 11.3. The molecule has 0 fully saturated rings. The number of aromatic nitrogens is 1. The fourth-order valence-electron chi connectivity index (χ4n) is 2.94. The van der Waals surface area contributed by atoms with Crippen molar-refractivity contribution >= 4 is 17.1 Å². The molecule has 0 amide bonds. The molecular weight excluding hydrogens is 320 g/mol. The molecule has 0 atom stereocenters. The molecule has 3 aromatic rings. The Morgan fingerprint density at radius 3 is 2.79 bits per heavy atom. The van der Waals surface area contributed by atoms with Gasteiger partial charge in [-0.05, 0) is 50.5 Å². The van der Waals surface area contributed by atoms with Crippen LogP contribution in [0.3, 0.4) is 0 Å². The summed E-state index contributed by atoms with van der Waals surface area (Å²) < 4.78 is 7.56. The molecule has 0 unspecified atom stereocenters. The lowest BCUT2D eigenvalue weighted by molar-refractivity contribution is 0.0939. The molecule has 0 N–H and O–H groups in total. The molecule has 0 aliphatic heterocycles. The highest BCUT2D eigenvalue weighted by atomic mass is 32.1. The van der Waals surface area contributed by atoms with E-state index in [1.165, 1.54) is 4.88 Å². The Morgan fingerprint density at radius 1 is 1.29 bits per heavy atom. The van der Waals surface area contributed by atoms with Gasteiger partial charge in [0.1, 0.15) is 5.76 Å². The number of furan rings is 1. The van der Waals surface area contributed by atoms with Gasteiger partial charge in [0.25, 0.3) is 0 Å². The third kappa shape index (κ3) is 3.68. The summed E-state index contributed by atoms with van der Waals surface area (Å²) in [5, 5.41) is 2.08. The van der Waals surface area contributed by atoms with Crippen LogP contribution >= 0.6 is 11.3 Å². The van der Waals surface area contributed by atoms with Crippen LogP contribution < -0.4 is 0 Å². The zero-order valence-electron chi connectivity index (χ0n) is 14.3. The number of likely N-dealkylation sites (N-methyl/N-ethyl adjacent to an activating group) is 1. The van der Waals surface area contributed by atoms with Crippen LogP contribution in [0.2, 0.25) is 0 Å². The maximum absolute atomic E-state index is 12.7. The number of carbonyl (C=O) groups excluding carboxylic acids is 1. The molecule has 4 nitrogen and oxygen atoms in total. The van der Waals surface area contributed by atoms with E-state index < -0.39 is 0 Å². The van der Waals surface area contributed by atoms with Gasteiger partial charge in [0.15, 0.2) is 5.78 Å². The van der Waals surface area contributed by atoms with Crippen molar-refractivity contribution in [3.05, 3.63) is 69.6 Å². The van der Waals surface area contributed by atoms with E-state index in [1.54, 1.807) is 17.6 Å². The highest BCUT2D eigenvalue weighted by Gasteiger charge is 2.18. The van der Waals surface area contributed by atoms with Gasteiger partial charge in [-0.2, -0.15) is 0 Å². The van der Waals surface area contributed by atoms with Crippen LogP contribution in [0.5, 0.6) is 0 Å². The quantitative estimate of drug-likeness (QED) is 0.606. The van der Waals surface area contributed by atoms with Crippen molar-refractivity contribution in [2.75, 3.05) is 13.6 Å². The summed E-state index contributed by atoms with van der Waals surface area (Å²) in [7, 11) is 1.94. The van der Waals surface area contributed by atoms with Crippen molar-refractivity contribution in [1.29, 1.82) is 0 Å². The molecule has 0 aromatic carbocycles. The molecule has 0 saturated carbocycles. The maximum Gasteiger partial charge on any atom is 0.178 e. The van der Waals surface area contributed by atoms with Gasteiger partial charge in [-0.1, -0.05) is 6.07 Å². The van der Waals surface area contributed by atoms with Crippen molar-refractivity contribution in [1.82, 2.24) is 9.47 Å². The van der Waals surface area contributed by atoms with Crippen molar-refractivity contribution in [3.8, 4) is 0 Å². The van der Waals surface area contributed by atoms with Crippen LogP contribution in [0.25, 0.3) is 0 Å². The highest BCUT2D eigenvalue weighted by molar-refractivity contribution is 7.09. The monoisotopic (exact) mass is 342 g/mol. The molecular formula is C19H22N2O2S. The van der Waals surface area contributed by atoms with Gasteiger partial charge in [0.2, 0.25) is 0 Å². The van der Waals surface area contributed by atoms with Crippen molar-refractivity contribution < 1.29 is 9.21 Å². The number of aryl methyl sites for hydroxylation is 1. The summed E-state index contributed by atoms with van der Waals surface area (Å²) in [6, 6.07) is 9.98. The topological polar surface area (TPSA) is 38.4 Å². The summed E-state index contributed by atoms with van der Waals surface area (Å²) in [5.41, 5.74) is 2.98. The Balaban J connectivity index is 1.70. The standard InChI is InChI=1S/C19H22N2O2S/c1-14-10-18(15(2)21(14)12-17-7-5-9-24-17)19(22)13-20(3)11-16-6-4-8-23-16/h4-10H,11-13H2,1-3H3. The van der Waals surface area contributed by atoms with Crippen LogP contribution in [-0.2, 0) is 13.1 Å². The third-order valence-corrected chi connectivity index (χ3v) is 5.05. The zero-order chi connectivity index (χ0) is 17.1. The lowest BCUT2D eigenvalue weighted by atomic mass is 10.1. The van der Waals surface area contributed by atoms with Crippen LogP contribution in [0.15, 0.2) is 46.4 Å². The molecule has 3 rings (SSSR count). The number of hydrogen-bond acceptors (Lipinski definition) is 4. The van der Waals surface area contributed by atoms with Gasteiger partial charge < -0.3 is 8.98 Å². The fourth-order valence-corrected chi connectivity index (χ4v) is 3.63. The average molecular weight is 342 g/mol. The van der Waals surface area contributed by atoms with E-state index in [4.69, 9.17) is 4.42 Å². The molecule has 0 aliphatic rings. The van der Waals surface area contributed by atoms with Crippen molar-refractivity contribution in [2.24, 2.45) is 0 Å². The van der Waals surface area contributed by atoms with Gasteiger partial charge in [0, 0.05) is 21.8 Å². The first-order valence-corrected chi connectivity index (χ1v) is 8.86. The Labute approximate surface area is 146 Å². The molecule has 0 saturated heterocycles. The predicted molar refractivity (Wildman–Crippen MR) is 96.7 cm³/mol. The first-order valence-electron chi connectivity index (χ1n) is 7.98. The number of hydrogen-bond donors (Lipinski definition) is 0. The van der Waals surface area contributed by atoms with E-state index in [2.05, 4.69) is 29.0 Å². The summed E-state index contributed by atoms with van der Waals surface area (Å²) in [5.74, 6) is 1.02. The second-order valence-electron chi connectivity index (χ2n) is 6.13. The van der Waals surface area contributed by atoms with Crippen LogP contribution in [0, 0.1) is 13.8 Å². The second kappa shape index (κ2) is 7.20. The summed E-state index contributed by atoms with van der Waals surface area (Å²) in [6.45, 7) is 5.92. The molecule has 3 aromatic heterocycles. The number of carbonyl (C=O) groups is 1. The summed E-state index contributed by atoms with van der Waals surface area (Å²) >= 11 is 1.74. The van der Waals surface area contributed by atoms with E-state index in [0.717, 1.165) is 29.3 Å². The lowest BCUT2D eigenvalue weighted by Gasteiger charge is -2.14. The molecule has 0 spiro atoms. The van der Waals surface area contributed by atoms with Crippen LogP contribution in [0.1, 0.15) is 32.4 Å². The minimum Gasteiger partial charge on any atom is -0.468 e. The molecule has 5 heteroatoms. The Bertz CT molecular complexity index is 801. The number of thiophene rings is 1. The van der Waals surface area contributed by atoms with Gasteiger partial charge >= 0.3 is 0 Å². The zero-order valence-corrected chi connectivity index (χ0v) is 15.1. The molecule has 24 heavy (non-hydrogen) atoms. The first kappa shape index (κ1) is 16.7. The van der Waals surface area contributed by atoms with Gasteiger partial charge in [-0.25, -0.2) is 0 Å². The van der Waals surface area contributed by atoms with Gasteiger partial charge in [-0.3, -0.25) is 9.69 Å². The second-order valence-corrected chi connectivity index (χ2v) is 7.16. The molecule has 0 bridgehead atoms. The van der Waals surface area contributed by atoms with Crippen LogP contribution in [0.4, 0.5) is 0 Å². The highest BCUT2D eigenvalue weighted by Crippen LogP contribution is 2.20. The maximum atomic E-state index is 12.7. The van der Waals surface area contributed by atoms with E-state index in [0.29, 0.717) is 13.1 Å². The minimum absolute atomic E-state index is 0.148. The number of Topliss-reactive ketones (excluding diaryl/α,β-unsaturated/α-hetero) is 1. The Kier molecular flexibility index (Phi) is 5.02. The van der Waals surface area contributed by atoms with Gasteiger partial charge in [-0.15, -0.1) is 11.3 Å². The molecule has 0 radical (unpaired) electrons. The molecule has 126 valence electrons. The van der Waals surface area contributed by atoms with Crippen LogP contribution in [-0.4, -0.2) is 28.8 Å². The predicted octanol–water partition coefficient (Wildman–Crippen LogP) is 4.12. The third-order valence-electron chi connectivity index (χ3n) is 4.19. The van der Waals surface area contributed by atoms with E-state index in [1.807, 2.05) is 37.1 Å². The number of ketones is 1. The minimum atomic E-state index is 0.148. The lowest BCUT2D eigenvalue weighted by Crippen LogP contribution is -2.25. The average Bonchev–Trinajstić information content (AvgIpc) is 3.26. The largest absolute Gasteiger partial charge is 0.468 e. The molecule has 0 aliphatic carbocycles. The first-order chi connectivity index (χ1) is 11.5. The molecule has 3 heterocycles. The number of nitrogens with zero attached hydrogens (tertiary/aromatic N) is 2. The Hall–Kier alpha value is -2.11. The fraction of sp³-hybridized carbons (Fsp3) is 0.316. The Morgan fingerprint density at radius 2 is 2.12 bits per heavy atom. The smallest absolute Gasteiger partial charge is 0.178 e. The number of rotatable bonds is 7.